The summed E-state index contributed by atoms with van der Waals surface area (Å²) in [6, 6.07) is 7.66. The molecule has 1 aromatic carbocycles. The molecule has 0 aliphatic heterocycles. The lowest BCUT2D eigenvalue weighted by atomic mass is 10.0. The van der Waals surface area contributed by atoms with E-state index < -0.39 is 11.4 Å². The minimum Gasteiger partial charge on any atom is -0.481 e. The Balaban J connectivity index is 2.25. The summed E-state index contributed by atoms with van der Waals surface area (Å²) in [4.78, 5) is 33.1. The standard InChI is InChI=1S/C20H17Cl2N3O4/c1-3-25-12(10-16-23-7-6-17(24-16)29-2)9-15(26)18(20(27)28)19(25)11-4-5-13(21)14(22)8-11/h4-9H,3,10H2,1-2H3,(H,27,28). The molecule has 0 aliphatic rings. The first-order chi connectivity index (χ1) is 13.8. The molecule has 0 saturated heterocycles. The van der Waals surface area contributed by atoms with Gasteiger partial charge in [0.25, 0.3) is 0 Å². The number of carbonyl (C=O) groups is 1. The fraction of sp³-hybridized carbons (Fsp3) is 0.200. The average Bonchev–Trinajstić information content (AvgIpc) is 2.69. The number of hydrogen-bond donors (Lipinski definition) is 1. The molecule has 3 rings (SSSR count). The van der Waals surface area contributed by atoms with Crippen molar-refractivity contribution in [2.45, 2.75) is 19.9 Å². The fourth-order valence-corrected chi connectivity index (χ4v) is 3.39. The molecule has 0 bridgehead atoms. The van der Waals surface area contributed by atoms with Crippen LogP contribution in [0.25, 0.3) is 11.3 Å². The highest BCUT2D eigenvalue weighted by Crippen LogP contribution is 2.30. The van der Waals surface area contributed by atoms with Crippen LogP contribution in [0, 0.1) is 0 Å². The van der Waals surface area contributed by atoms with Gasteiger partial charge in [-0.3, -0.25) is 4.79 Å². The van der Waals surface area contributed by atoms with Crippen LogP contribution >= 0.6 is 23.2 Å². The number of aromatic carboxylic acids is 1. The number of methoxy groups -OCH3 is 1. The summed E-state index contributed by atoms with van der Waals surface area (Å²) >= 11 is 12.1. The number of carboxylic acid groups (broad SMARTS) is 1. The van der Waals surface area contributed by atoms with Gasteiger partial charge in [0, 0.05) is 42.6 Å². The Bertz CT molecular complexity index is 1150. The van der Waals surface area contributed by atoms with Crippen molar-refractivity contribution in [3.63, 3.8) is 0 Å². The van der Waals surface area contributed by atoms with Crippen molar-refractivity contribution in [1.82, 2.24) is 14.5 Å². The molecule has 1 N–H and O–H groups in total. The molecule has 9 heteroatoms. The van der Waals surface area contributed by atoms with Gasteiger partial charge in [-0.2, -0.15) is 4.98 Å². The number of hydrogen-bond acceptors (Lipinski definition) is 5. The normalized spacial score (nSPS) is 10.8. The van der Waals surface area contributed by atoms with Gasteiger partial charge >= 0.3 is 5.97 Å². The summed E-state index contributed by atoms with van der Waals surface area (Å²) in [5.74, 6) is -0.483. The van der Waals surface area contributed by atoms with Gasteiger partial charge in [-0.05, 0) is 19.1 Å². The molecule has 3 aromatic rings. The Hall–Kier alpha value is -2.90. The van der Waals surface area contributed by atoms with E-state index in [-0.39, 0.29) is 22.7 Å². The third kappa shape index (κ3) is 4.26. The van der Waals surface area contributed by atoms with Gasteiger partial charge < -0.3 is 14.4 Å². The number of benzene rings is 1. The van der Waals surface area contributed by atoms with Crippen LogP contribution in [0.15, 0.2) is 41.3 Å². The first-order valence-corrected chi connectivity index (χ1v) is 9.42. The van der Waals surface area contributed by atoms with E-state index in [2.05, 4.69) is 9.97 Å². The Kier molecular flexibility index (Phi) is 6.20. The lowest BCUT2D eigenvalue weighted by Gasteiger charge is -2.19. The molecule has 0 aliphatic carbocycles. The molecule has 0 fully saturated rings. The summed E-state index contributed by atoms with van der Waals surface area (Å²) < 4.78 is 6.86. The number of aromatic nitrogens is 3. The van der Waals surface area contributed by atoms with Crippen molar-refractivity contribution >= 4 is 29.2 Å². The smallest absolute Gasteiger partial charge is 0.341 e. The van der Waals surface area contributed by atoms with Gasteiger partial charge in [0.1, 0.15) is 11.4 Å². The van der Waals surface area contributed by atoms with Crippen molar-refractivity contribution in [3.05, 3.63) is 73.9 Å². The summed E-state index contributed by atoms with van der Waals surface area (Å²) in [5, 5.41) is 10.3. The second kappa shape index (κ2) is 8.63. The van der Waals surface area contributed by atoms with E-state index in [0.717, 1.165) is 0 Å². The van der Waals surface area contributed by atoms with Crippen molar-refractivity contribution in [2.24, 2.45) is 0 Å². The molecular formula is C20H17Cl2N3O4. The monoisotopic (exact) mass is 433 g/mol. The molecule has 29 heavy (non-hydrogen) atoms. The van der Waals surface area contributed by atoms with Crippen LogP contribution in [-0.4, -0.2) is 32.7 Å². The highest BCUT2D eigenvalue weighted by molar-refractivity contribution is 6.42. The van der Waals surface area contributed by atoms with Crippen molar-refractivity contribution in [2.75, 3.05) is 7.11 Å². The zero-order chi connectivity index (χ0) is 21.1. The maximum Gasteiger partial charge on any atom is 0.341 e. The van der Waals surface area contributed by atoms with E-state index in [1.807, 2.05) is 6.92 Å². The summed E-state index contributed by atoms with van der Waals surface area (Å²) in [6.07, 6.45) is 1.77. The Morgan fingerprint density at radius 2 is 1.97 bits per heavy atom. The molecule has 0 radical (unpaired) electrons. The number of halogens is 2. The van der Waals surface area contributed by atoms with Crippen molar-refractivity contribution < 1.29 is 14.6 Å². The van der Waals surface area contributed by atoms with E-state index in [0.29, 0.717) is 34.5 Å². The van der Waals surface area contributed by atoms with Crippen LogP contribution in [-0.2, 0) is 13.0 Å². The van der Waals surface area contributed by atoms with Crippen LogP contribution in [0.1, 0.15) is 28.8 Å². The Morgan fingerprint density at radius 3 is 2.59 bits per heavy atom. The summed E-state index contributed by atoms with van der Waals surface area (Å²) in [7, 11) is 1.50. The van der Waals surface area contributed by atoms with E-state index in [4.69, 9.17) is 27.9 Å². The lowest BCUT2D eigenvalue weighted by molar-refractivity contribution is 0.0695. The van der Waals surface area contributed by atoms with Crippen LogP contribution in [0.2, 0.25) is 10.0 Å². The predicted molar refractivity (Wildman–Crippen MR) is 110 cm³/mol. The zero-order valence-corrected chi connectivity index (χ0v) is 17.2. The van der Waals surface area contributed by atoms with E-state index in [1.165, 1.54) is 13.2 Å². The fourth-order valence-electron chi connectivity index (χ4n) is 3.10. The number of nitrogens with zero attached hydrogens (tertiary/aromatic N) is 3. The largest absolute Gasteiger partial charge is 0.481 e. The minimum absolute atomic E-state index is 0.217. The highest BCUT2D eigenvalue weighted by Gasteiger charge is 2.22. The van der Waals surface area contributed by atoms with Gasteiger partial charge in [-0.25, -0.2) is 9.78 Å². The molecular weight excluding hydrogens is 417 g/mol. The maximum atomic E-state index is 12.7. The van der Waals surface area contributed by atoms with Crippen LogP contribution < -0.4 is 10.2 Å². The second-order valence-electron chi connectivity index (χ2n) is 6.09. The molecule has 0 unspecified atom stereocenters. The van der Waals surface area contributed by atoms with E-state index in [1.54, 1.807) is 35.0 Å². The molecule has 0 saturated carbocycles. The first kappa shape index (κ1) is 20.8. The number of carboxylic acids is 1. The summed E-state index contributed by atoms with van der Waals surface area (Å²) in [6.45, 7) is 2.27. The molecule has 0 spiro atoms. The lowest BCUT2D eigenvalue weighted by Crippen LogP contribution is -2.24. The Labute approximate surface area is 176 Å². The molecule has 2 aromatic heterocycles. The van der Waals surface area contributed by atoms with Gasteiger partial charge in [0.2, 0.25) is 5.88 Å². The number of pyridine rings is 1. The molecule has 7 nitrogen and oxygen atoms in total. The molecule has 150 valence electrons. The molecule has 0 atom stereocenters. The van der Waals surface area contributed by atoms with Gasteiger partial charge in [-0.15, -0.1) is 0 Å². The van der Waals surface area contributed by atoms with Crippen molar-refractivity contribution in [1.29, 1.82) is 0 Å². The van der Waals surface area contributed by atoms with Gasteiger partial charge in [-0.1, -0.05) is 29.3 Å². The topological polar surface area (TPSA) is 94.3 Å². The maximum absolute atomic E-state index is 12.7. The quantitative estimate of drug-likeness (QED) is 0.632. The average molecular weight is 434 g/mol. The molecule has 2 heterocycles. The third-order valence-electron chi connectivity index (χ3n) is 4.35. The third-order valence-corrected chi connectivity index (χ3v) is 5.09. The van der Waals surface area contributed by atoms with E-state index >= 15 is 0 Å². The first-order valence-electron chi connectivity index (χ1n) is 8.67. The summed E-state index contributed by atoms with van der Waals surface area (Å²) in [5.41, 5.74) is 0.353. The minimum atomic E-state index is -1.32. The second-order valence-corrected chi connectivity index (χ2v) is 6.91. The van der Waals surface area contributed by atoms with Crippen molar-refractivity contribution in [3.8, 4) is 17.1 Å². The van der Waals surface area contributed by atoms with Crippen LogP contribution in [0.3, 0.4) is 0 Å². The van der Waals surface area contributed by atoms with Gasteiger partial charge in [0.15, 0.2) is 5.43 Å². The van der Waals surface area contributed by atoms with Crippen LogP contribution in [0.4, 0.5) is 0 Å². The predicted octanol–water partition coefficient (Wildman–Crippen LogP) is 3.93. The van der Waals surface area contributed by atoms with E-state index in [9.17, 15) is 14.7 Å². The van der Waals surface area contributed by atoms with Crippen LogP contribution in [0.5, 0.6) is 5.88 Å². The Morgan fingerprint density at radius 1 is 1.21 bits per heavy atom. The SMILES string of the molecule is CCn1c(Cc2nccc(OC)n2)cc(=O)c(C(=O)O)c1-c1ccc(Cl)c(Cl)c1. The highest BCUT2D eigenvalue weighted by atomic mass is 35.5. The molecule has 0 amide bonds. The number of ether oxygens (including phenoxy) is 1. The van der Waals surface area contributed by atoms with Gasteiger partial charge in [0.05, 0.1) is 22.8 Å². The zero-order valence-electron chi connectivity index (χ0n) is 15.6. The number of rotatable bonds is 6.